The lowest BCUT2D eigenvalue weighted by Gasteiger charge is -2.21. The van der Waals surface area contributed by atoms with Gasteiger partial charge in [0.25, 0.3) is 0 Å². The Labute approximate surface area is 90.2 Å². The molecule has 0 aromatic heterocycles. The van der Waals surface area contributed by atoms with Gasteiger partial charge in [-0.1, -0.05) is 6.08 Å². The third-order valence-electron chi connectivity index (χ3n) is 2.06. The van der Waals surface area contributed by atoms with Crippen molar-refractivity contribution in [2.45, 2.75) is 32.5 Å². The largest absolute Gasteiger partial charge is 0.463 e. The molecule has 1 rings (SSSR count). The maximum atomic E-state index is 10.9. The van der Waals surface area contributed by atoms with Gasteiger partial charge >= 0.3 is 5.97 Å². The van der Waals surface area contributed by atoms with Crippen LogP contribution in [0.3, 0.4) is 0 Å². The van der Waals surface area contributed by atoms with Crippen LogP contribution in [-0.2, 0) is 19.0 Å². The minimum Gasteiger partial charge on any atom is -0.463 e. The summed E-state index contributed by atoms with van der Waals surface area (Å²) in [5.74, 6) is -0.328. The first-order valence-electron chi connectivity index (χ1n) is 5.39. The molecule has 1 aliphatic rings. The number of carbonyl (C=O) groups excluding carboxylic acids is 1. The molecular weight excluding hydrogens is 196 g/mol. The van der Waals surface area contributed by atoms with Crippen molar-refractivity contribution in [3.05, 3.63) is 12.2 Å². The average Bonchev–Trinajstić information content (AvgIpc) is 2.26. The van der Waals surface area contributed by atoms with Gasteiger partial charge in [-0.15, -0.1) is 0 Å². The molecule has 0 radical (unpaired) electrons. The summed E-state index contributed by atoms with van der Waals surface area (Å²) in [6.45, 7) is 3.34. The molecule has 0 aromatic rings. The molecule has 0 spiro atoms. The topological polar surface area (TPSA) is 44.8 Å². The molecule has 1 saturated heterocycles. The lowest BCUT2D eigenvalue weighted by Crippen LogP contribution is -2.22. The van der Waals surface area contributed by atoms with Crippen LogP contribution < -0.4 is 0 Å². The molecule has 0 amide bonds. The second kappa shape index (κ2) is 7.43. The van der Waals surface area contributed by atoms with Gasteiger partial charge < -0.3 is 14.2 Å². The van der Waals surface area contributed by atoms with Crippen LogP contribution >= 0.6 is 0 Å². The Morgan fingerprint density at radius 3 is 3.07 bits per heavy atom. The highest BCUT2D eigenvalue weighted by molar-refractivity contribution is 5.81. The van der Waals surface area contributed by atoms with E-state index >= 15 is 0 Å². The summed E-state index contributed by atoms with van der Waals surface area (Å²) >= 11 is 0. The Bertz CT molecular complexity index is 207. The van der Waals surface area contributed by atoms with Gasteiger partial charge in [-0.25, -0.2) is 4.79 Å². The molecule has 1 fully saturated rings. The average molecular weight is 214 g/mol. The quantitative estimate of drug-likeness (QED) is 0.515. The summed E-state index contributed by atoms with van der Waals surface area (Å²) in [5, 5.41) is 0. The number of esters is 1. The van der Waals surface area contributed by atoms with E-state index in [-0.39, 0.29) is 12.3 Å². The molecule has 1 atom stereocenters. The predicted molar refractivity (Wildman–Crippen MR) is 55.3 cm³/mol. The van der Waals surface area contributed by atoms with Gasteiger partial charge in [-0.05, 0) is 26.2 Å². The van der Waals surface area contributed by atoms with Gasteiger partial charge in [0.2, 0.25) is 0 Å². The fourth-order valence-corrected chi connectivity index (χ4v) is 1.34. The van der Waals surface area contributed by atoms with Crippen molar-refractivity contribution >= 4 is 5.97 Å². The van der Waals surface area contributed by atoms with Crippen molar-refractivity contribution in [2.24, 2.45) is 0 Å². The first-order chi connectivity index (χ1) is 7.33. The van der Waals surface area contributed by atoms with Crippen LogP contribution in [-0.4, -0.2) is 32.1 Å². The second-order valence-electron chi connectivity index (χ2n) is 3.28. The molecule has 1 heterocycles. The minimum atomic E-state index is -0.328. The zero-order valence-corrected chi connectivity index (χ0v) is 9.11. The van der Waals surface area contributed by atoms with Crippen molar-refractivity contribution in [3.8, 4) is 0 Å². The van der Waals surface area contributed by atoms with Crippen molar-refractivity contribution in [3.63, 3.8) is 0 Å². The summed E-state index contributed by atoms with van der Waals surface area (Å²) in [7, 11) is 0. The molecule has 0 aromatic carbocycles. The number of carbonyl (C=O) groups is 1. The smallest absolute Gasteiger partial charge is 0.330 e. The lowest BCUT2D eigenvalue weighted by atomic mass is 10.2. The Kier molecular flexibility index (Phi) is 6.04. The molecule has 4 nitrogen and oxygen atoms in total. The summed E-state index contributed by atoms with van der Waals surface area (Å²) in [6, 6.07) is 0. The number of hydrogen-bond acceptors (Lipinski definition) is 4. The number of ether oxygens (including phenoxy) is 3. The molecule has 0 N–H and O–H groups in total. The Balaban J connectivity index is 2.06. The van der Waals surface area contributed by atoms with Crippen LogP contribution in [0.5, 0.6) is 0 Å². The van der Waals surface area contributed by atoms with Crippen LogP contribution in [0.25, 0.3) is 0 Å². The fraction of sp³-hybridized carbons (Fsp3) is 0.727. The number of rotatable bonds is 5. The third-order valence-corrected chi connectivity index (χ3v) is 2.06. The van der Waals surface area contributed by atoms with Crippen molar-refractivity contribution < 1.29 is 19.0 Å². The van der Waals surface area contributed by atoms with E-state index in [0.717, 1.165) is 25.9 Å². The molecule has 4 heteroatoms. The maximum absolute atomic E-state index is 10.9. The Hall–Kier alpha value is -0.870. The van der Waals surface area contributed by atoms with E-state index in [1.54, 1.807) is 13.0 Å². The van der Waals surface area contributed by atoms with E-state index in [0.29, 0.717) is 13.2 Å². The molecule has 0 aliphatic carbocycles. The molecule has 0 bridgehead atoms. The second-order valence-corrected chi connectivity index (χ2v) is 3.28. The number of hydrogen-bond donors (Lipinski definition) is 0. The summed E-state index contributed by atoms with van der Waals surface area (Å²) in [5.41, 5.74) is 0. The van der Waals surface area contributed by atoms with E-state index in [1.807, 2.05) is 0 Å². The zero-order chi connectivity index (χ0) is 10.9. The van der Waals surface area contributed by atoms with Crippen LogP contribution in [0.1, 0.15) is 26.2 Å². The Morgan fingerprint density at radius 1 is 1.53 bits per heavy atom. The van der Waals surface area contributed by atoms with Gasteiger partial charge in [0.05, 0.1) is 13.2 Å². The van der Waals surface area contributed by atoms with E-state index in [4.69, 9.17) is 14.2 Å². The van der Waals surface area contributed by atoms with Crippen LogP contribution in [0.4, 0.5) is 0 Å². The lowest BCUT2D eigenvalue weighted by molar-refractivity contribution is -0.155. The van der Waals surface area contributed by atoms with E-state index < -0.39 is 0 Å². The predicted octanol–water partition coefficient (Wildman–Crippen LogP) is 1.65. The molecule has 1 aliphatic heterocycles. The van der Waals surface area contributed by atoms with Gasteiger partial charge in [-0.2, -0.15) is 0 Å². The molecule has 86 valence electrons. The summed E-state index contributed by atoms with van der Waals surface area (Å²) in [4.78, 5) is 10.9. The standard InChI is InChI=1S/C11H18O4/c1-2-13-10(12)6-5-9-15-11-7-3-4-8-14-11/h5-6,11H,2-4,7-9H2,1H3/b6-5-/t11-/m0/s1. The van der Waals surface area contributed by atoms with Crippen LogP contribution in [0.2, 0.25) is 0 Å². The maximum Gasteiger partial charge on any atom is 0.330 e. The molecular formula is C11H18O4. The fourth-order valence-electron chi connectivity index (χ4n) is 1.34. The molecule has 15 heavy (non-hydrogen) atoms. The highest BCUT2D eigenvalue weighted by atomic mass is 16.7. The van der Waals surface area contributed by atoms with Crippen LogP contribution in [0.15, 0.2) is 12.2 Å². The van der Waals surface area contributed by atoms with E-state index in [2.05, 4.69) is 0 Å². The first kappa shape index (κ1) is 12.2. The highest BCUT2D eigenvalue weighted by Crippen LogP contribution is 2.13. The summed E-state index contributed by atoms with van der Waals surface area (Å²) < 4.78 is 15.5. The zero-order valence-electron chi connectivity index (χ0n) is 9.11. The monoisotopic (exact) mass is 214 g/mol. The normalized spacial score (nSPS) is 21.8. The van der Waals surface area contributed by atoms with Gasteiger partial charge in [0.1, 0.15) is 0 Å². The van der Waals surface area contributed by atoms with Crippen LogP contribution in [0, 0.1) is 0 Å². The molecule has 0 saturated carbocycles. The van der Waals surface area contributed by atoms with Crippen molar-refractivity contribution in [2.75, 3.05) is 19.8 Å². The minimum absolute atomic E-state index is 0.106. The summed E-state index contributed by atoms with van der Waals surface area (Å²) in [6.07, 6.45) is 6.12. The highest BCUT2D eigenvalue weighted by Gasteiger charge is 2.12. The third kappa shape index (κ3) is 5.54. The van der Waals surface area contributed by atoms with E-state index in [9.17, 15) is 4.79 Å². The first-order valence-corrected chi connectivity index (χ1v) is 5.39. The van der Waals surface area contributed by atoms with Gasteiger partial charge in [-0.3, -0.25) is 0 Å². The van der Waals surface area contributed by atoms with Gasteiger partial charge in [0.15, 0.2) is 6.29 Å². The van der Waals surface area contributed by atoms with Crippen molar-refractivity contribution in [1.82, 2.24) is 0 Å². The molecule has 0 unspecified atom stereocenters. The Morgan fingerprint density at radius 2 is 2.40 bits per heavy atom. The van der Waals surface area contributed by atoms with Gasteiger partial charge in [0, 0.05) is 12.7 Å². The van der Waals surface area contributed by atoms with E-state index in [1.165, 1.54) is 6.08 Å². The van der Waals surface area contributed by atoms with Crippen molar-refractivity contribution in [1.29, 1.82) is 0 Å². The SMILES string of the molecule is CCOC(=O)/C=C\CO[C@H]1CCCCO1.